The Balaban J connectivity index is 3.34. The molecule has 170 valence electrons. The van der Waals surface area contributed by atoms with Crippen molar-refractivity contribution in [2.75, 3.05) is 7.11 Å². The number of ether oxygens (including phenoxy) is 1. The first-order valence-electron chi connectivity index (χ1n) is 11.9. The number of carbonyl (C=O) groups excluding carboxylic acids is 1. The van der Waals surface area contributed by atoms with E-state index in [9.17, 15) is 4.79 Å². The van der Waals surface area contributed by atoms with Crippen LogP contribution in [0.1, 0.15) is 93.9 Å². The predicted octanol–water partition coefficient (Wildman–Crippen LogP) is 6.86. The third-order valence-electron chi connectivity index (χ3n) is 7.43. The van der Waals surface area contributed by atoms with E-state index in [4.69, 9.17) is 14.0 Å². The second kappa shape index (κ2) is 11.8. The van der Waals surface area contributed by atoms with E-state index in [1.54, 1.807) is 7.11 Å². The topological polar surface area (TPSA) is 44.8 Å². The molecule has 1 aliphatic rings. The molecule has 29 heavy (non-hydrogen) atoms. The molecule has 0 unspecified atom stereocenters. The Kier molecular flexibility index (Phi) is 11.1. The molecule has 1 saturated heterocycles. The van der Waals surface area contributed by atoms with Crippen LogP contribution in [-0.4, -0.2) is 49.8 Å². The SMILES string of the molecule is CCC[CH2][Sn]([CH2]CCC)([CH2]CCC)[C@H](C(=O)OC)[C@H](C)B1OC(C)(C)C(C)(C)O1. The van der Waals surface area contributed by atoms with Gasteiger partial charge in [-0.2, -0.15) is 0 Å². The number of rotatable bonds is 13. The van der Waals surface area contributed by atoms with Gasteiger partial charge in [-0.1, -0.05) is 0 Å². The van der Waals surface area contributed by atoms with Crippen molar-refractivity contribution < 1.29 is 18.8 Å². The zero-order chi connectivity index (χ0) is 22.3. The number of hydrogen-bond donors (Lipinski definition) is 0. The molecular formula is C23H47BO4Sn. The second-order valence-electron chi connectivity index (χ2n) is 10.2. The van der Waals surface area contributed by atoms with E-state index in [1.807, 2.05) is 0 Å². The van der Waals surface area contributed by atoms with Crippen molar-refractivity contribution in [3.05, 3.63) is 0 Å². The van der Waals surface area contributed by atoms with Crippen LogP contribution in [0.4, 0.5) is 0 Å². The molecular weight excluding hydrogens is 470 g/mol. The van der Waals surface area contributed by atoms with Gasteiger partial charge < -0.3 is 0 Å². The van der Waals surface area contributed by atoms with Crippen LogP contribution in [0.5, 0.6) is 0 Å². The van der Waals surface area contributed by atoms with Crippen molar-refractivity contribution >= 4 is 31.5 Å². The summed E-state index contributed by atoms with van der Waals surface area (Å²) in [5.74, 6) is 0.0242. The van der Waals surface area contributed by atoms with Gasteiger partial charge in [0.15, 0.2) is 0 Å². The summed E-state index contributed by atoms with van der Waals surface area (Å²) in [7, 11) is 1.22. The number of carbonyl (C=O) groups is 1. The van der Waals surface area contributed by atoms with Gasteiger partial charge in [0.2, 0.25) is 0 Å². The van der Waals surface area contributed by atoms with Gasteiger partial charge in [0, 0.05) is 0 Å². The minimum absolute atomic E-state index is 0.00588. The van der Waals surface area contributed by atoms with E-state index in [0.29, 0.717) is 0 Å². The van der Waals surface area contributed by atoms with Crippen molar-refractivity contribution in [3.63, 3.8) is 0 Å². The zero-order valence-corrected chi connectivity index (χ0v) is 23.6. The van der Waals surface area contributed by atoms with E-state index in [2.05, 4.69) is 55.4 Å². The van der Waals surface area contributed by atoms with Crippen molar-refractivity contribution in [3.8, 4) is 0 Å². The monoisotopic (exact) mass is 518 g/mol. The summed E-state index contributed by atoms with van der Waals surface area (Å²) < 4.78 is 22.1. The maximum atomic E-state index is 13.3. The third kappa shape index (κ3) is 6.62. The van der Waals surface area contributed by atoms with Gasteiger partial charge in [-0.3, -0.25) is 0 Å². The molecule has 1 aliphatic heterocycles. The number of esters is 1. The average molecular weight is 517 g/mol. The predicted molar refractivity (Wildman–Crippen MR) is 126 cm³/mol. The van der Waals surface area contributed by atoms with Gasteiger partial charge in [-0.15, -0.1) is 0 Å². The van der Waals surface area contributed by atoms with Crippen LogP contribution < -0.4 is 0 Å². The van der Waals surface area contributed by atoms with Crippen molar-refractivity contribution in [2.45, 2.75) is 128 Å². The van der Waals surface area contributed by atoms with Gasteiger partial charge in [0.25, 0.3) is 0 Å². The molecule has 0 radical (unpaired) electrons. The molecule has 0 N–H and O–H groups in total. The quantitative estimate of drug-likeness (QED) is 0.198. The molecule has 0 aromatic heterocycles. The molecule has 1 fully saturated rings. The molecule has 6 heteroatoms. The Morgan fingerprint density at radius 3 is 1.59 bits per heavy atom. The Bertz CT molecular complexity index is 471. The number of unbranched alkanes of at least 4 members (excludes halogenated alkanes) is 3. The van der Waals surface area contributed by atoms with Crippen molar-refractivity contribution in [2.24, 2.45) is 0 Å². The van der Waals surface area contributed by atoms with Crippen LogP contribution in [0, 0.1) is 0 Å². The first-order chi connectivity index (χ1) is 13.5. The summed E-state index contributed by atoms with van der Waals surface area (Å²) in [6.45, 7) is 17.3. The van der Waals surface area contributed by atoms with Gasteiger partial charge in [0.05, 0.1) is 0 Å². The molecule has 0 saturated carbocycles. The summed E-state index contributed by atoms with van der Waals surface area (Å²) in [6.07, 6.45) is 7.26. The molecule has 0 bridgehead atoms. The molecule has 0 aromatic rings. The van der Waals surface area contributed by atoms with Crippen LogP contribution in [0.2, 0.25) is 23.1 Å². The van der Waals surface area contributed by atoms with E-state index >= 15 is 0 Å². The fraction of sp³-hybridized carbons (Fsp3) is 0.957. The van der Waals surface area contributed by atoms with Crippen LogP contribution in [0.3, 0.4) is 0 Å². The molecule has 0 aromatic carbocycles. The molecule has 1 heterocycles. The van der Waals surface area contributed by atoms with Crippen LogP contribution in [0.25, 0.3) is 0 Å². The summed E-state index contributed by atoms with van der Waals surface area (Å²) >= 11 is -2.89. The minimum atomic E-state index is -2.89. The van der Waals surface area contributed by atoms with Gasteiger partial charge >= 0.3 is 186 Å². The molecule has 2 atom stereocenters. The average Bonchev–Trinajstić information content (AvgIpc) is 2.89. The van der Waals surface area contributed by atoms with Crippen molar-refractivity contribution in [1.29, 1.82) is 0 Å². The Hall–Kier alpha value is 0.254. The van der Waals surface area contributed by atoms with Crippen LogP contribution >= 0.6 is 0 Å². The molecule has 1 rings (SSSR count). The Morgan fingerprint density at radius 2 is 1.28 bits per heavy atom. The molecule has 0 amide bonds. The fourth-order valence-electron chi connectivity index (χ4n) is 4.84. The zero-order valence-electron chi connectivity index (χ0n) is 20.7. The number of hydrogen-bond acceptors (Lipinski definition) is 4. The summed E-state index contributed by atoms with van der Waals surface area (Å²) in [5, 5.41) is 0. The maximum absolute atomic E-state index is 13.3. The van der Waals surface area contributed by atoms with Crippen molar-refractivity contribution in [1.82, 2.24) is 0 Å². The standard InChI is InChI=1S/C11H20BO4.3C4H9.Sn/c1-8(7-9(13)14-6)12-15-10(2,3)11(4,5)16-12;3*1-3-4-2;/h7-8H,1-6H3;3*1,3-4H2,2H3;/t8-;;;;/m0..../s1. The van der Waals surface area contributed by atoms with E-state index in [0.717, 1.165) is 0 Å². The normalized spacial score (nSPS) is 20.5. The van der Waals surface area contributed by atoms with Gasteiger partial charge in [-0.05, 0) is 0 Å². The fourth-order valence-corrected chi connectivity index (χ4v) is 24.1. The van der Waals surface area contributed by atoms with Gasteiger partial charge in [-0.25, -0.2) is 0 Å². The summed E-state index contributed by atoms with van der Waals surface area (Å²) in [4.78, 5) is 13.3. The molecule has 0 aliphatic carbocycles. The first kappa shape index (κ1) is 27.3. The van der Waals surface area contributed by atoms with Gasteiger partial charge in [0.1, 0.15) is 0 Å². The van der Waals surface area contributed by atoms with Crippen LogP contribution in [-0.2, 0) is 18.8 Å². The molecule has 4 nitrogen and oxygen atoms in total. The van der Waals surface area contributed by atoms with Crippen LogP contribution in [0.15, 0.2) is 0 Å². The van der Waals surface area contributed by atoms with E-state index in [1.165, 1.54) is 51.8 Å². The van der Waals surface area contributed by atoms with E-state index in [-0.39, 0.29) is 34.0 Å². The second-order valence-corrected chi connectivity index (χ2v) is 24.0. The number of methoxy groups -OCH3 is 1. The Morgan fingerprint density at radius 1 is 0.897 bits per heavy atom. The third-order valence-corrected chi connectivity index (χ3v) is 24.9. The Labute approximate surface area is 185 Å². The summed E-state index contributed by atoms with van der Waals surface area (Å²) in [6, 6.07) is 0. The first-order valence-corrected chi connectivity index (χ1v) is 19.7. The molecule has 0 spiro atoms. The summed E-state index contributed by atoms with van der Waals surface area (Å²) in [5.41, 5.74) is -0.748. The van der Waals surface area contributed by atoms with E-state index < -0.39 is 18.4 Å².